The van der Waals surface area contributed by atoms with E-state index in [-0.39, 0.29) is 11.9 Å². The number of carbonyl (C=O) groups excluding carboxylic acids is 1. The van der Waals surface area contributed by atoms with Gasteiger partial charge in [0.1, 0.15) is 0 Å². The van der Waals surface area contributed by atoms with Crippen molar-refractivity contribution in [2.45, 2.75) is 25.3 Å². The number of hydrogen-bond donors (Lipinski definition) is 2. The van der Waals surface area contributed by atoms with Crippen molar-refractivity contribution in [1.29, 1.82) is 0 Å². The SMILES string of the molecule is N[C@@H]1CCCC(=O)NC1. The standard InChI is InChI=1S/C6H12N2O/c7-5-2-1-3-6(9)8-4-5/h5H,1-4,7H2,(H,8,9)/t5-/m1/s1. The summed E-state index contributed by atoms with van der Waals surface area (Å²) in [5.74, 6) is 0.142. The number of nitrogens with two attached hydrogens (primary N) is 1. The summed E-state index contributed by atoms with van der Waals surface area (Å²) in [6.07, 6.45) is 2.55. The van der Waals surface area contributed by atoms with Gasteiger partial charge < -0.3 is 11.1 Å². The molecule has 0 aliphatic carbocycles. The van der Waals surface area contributed by atoms with Gasteiger partial charge in [-0.1, -0.05) is 0 Å². The van der Waals surface area contributed by atoms with Crippen LogP contribution in [-0.4, -0.2) is 18.5 Å². The Morgan fingerprint density at radius 2 is 2.44 bits per heavy atom. The molecule has 0 radical (unpaired) electrons. The van der Waals surface area contributed by atoms with E-state index in [0.717, 1.165) is 12.8 Å². The average molecular weight is 128 g/mol. The number of nitrogens with one attached hydrogen (secondary N) is 1. The quantitative estimate of drug-likeness (QED) is 0.467. The fourth-order valence-electron chi connectivity index (χ4n) is 0.960. The van der Waals surface area contributed by atoms with Crippen molar-refractivity contribution < 1.29 is 4.79 Å². The molecule has 9 heavy (non-hydrogen) atoms. The monoisotopic (exact) mass is 128 g/mol. The number of rotatable bonds is 0. The molecule has 3 heteroatoms. The van der Waals surface area contributed by atoms with Crippen molar-refractivity contribution in [2.75, 3.05) is 6.54 Å². The minimum absolute atomic E-state index is 0.142. The van der Waals surface area contributed by atoms with E-state index >= 15 is 0 Å². The molecule has 1 heterocycles. The summed E-state index contributed by atoms with van der Waals surface area (Å²) in [6, 6.07) is 0.177. The van der Waals surface area contributed by atoms with Gasteiger partial charge in [0.15, 0.2) is 0 Å². The third-order valence-electron chi connectivity index (χ3n) is 1.54. The third kappa shape index (κ3) is 2.01. The van der Waals surface area contributed by atoms with Crippen molar-refractivity contribution in [2.24, 2.45) is 5.73 Å². The van der Waals surface area contributed by atoms with Gasteiger partial charge in [-0.25, -0.2) is 0 Å². The third-order valence-corrected chi connectivity index (χ3v) is 1.54. The van der Waals surface area contributed by atoms with Crippen LogP contribution in [-0.2, 0) is 4.79 Å². The predicted octanol–water partition coefficient (Wildman–Crippen LogP) is -0.386. The van der Waals surface area contributed by atoms with E-state index in [4.69, 9.17) is 5.73 Å². The molecule has 0 saturated carbocycles. The Kier molecular flexibility index (Phi) is 2.05. The molecule has 1 amide bonds. The maximum Gasteiger partial charge on any atom is 0.220 e. The summed E-state index contributed by atoms with van der Waals surface area (Å²) in [6.45, 7) is 0.652. The van der Waals surface area contributed by atoms with Crippen LogP contribution < -0.4 is 11.1 Å². The molecule has 1 saturated heterocycles. The molecule has 0 unspecified atom stereocenters. The first kappa shape index (κ1) is 6.55. The fraction of sp³-hybridized carbons (Fsp3) is 0.833. The number of amides is 1. The summed E-state index contributed by atoms with van der Waals surface area (Å²) < 4.78 is 0. The van der Waals surface area contributed by atoms with Crippen molar-refractivity contribution in [1.82, 2.24) is 5.32 Å². The summed E-state index contributed by atoms with van der Waals surface area (Å²) in [7, 11) is 0. The summed E-state index contributed by atoms with van der Waals surface area (Å²) in [5, 5.41) is 2.73. The van der Waals surface area contributed by atoms with Crippen LogP contribution in [0.15, 0.2) is 0 Å². The van der Waals surface area contributed by atoms with Gasteiger partial charge in [-0.15, -0.1) is 0 Å². The highest BCUT2D eigenvalue weighted by atomic mass is 16.1. The highest BCUT2D eigenvalue weighted by Crippen LogP contribution is 2.01. The largest absolute Gasteiger partial charge is 0.355 e. The molecule has 1 atom stereocenters. The van der Waals surface area contributed by atoms with Crippen LogP contribution in [0.25, 0.3) is 0 Å². The molecule has 0 spiro atoms. The fourth-order valence-corrected chi connectivity index (χ4v) is 0.960. The van der Waals surface area contributed by atoms with Crippen molar-refractivity contribution >= 4 is 5.91 Å². The minimum atomic E-state index is 0.142. The van der Waals surface area contributed by atoms with Gasteiger partial charge in [-0.2, -0.15) is 0 Å². The van der Waals surface area contributed by atoms with E-state index in [1.807, 2.05) is 0 Å². The second-order valence-electron chi connectivity index (χ2n) is 2.46. The van der Waals surface area contributed by atoms with Crippen molar-refractivity contribution in [3.8, 4) is 0 Å². The normalized spacial score (nSPS) is 29.0. The minimum Gasteiger partial charge on any atom is -0.355 e. The van der Waals surface area contributed by atoms with Crippen LogP contribution in [0.3, 0.4) is 0 Å². The topological polar surface area (TPSA) is 55.1 Å². The van der Waals surface area contributed by atoms with Crippen molar-refractivity contribution in [3.63, 3.8) is 0 Å². The molecule has 1 aliphatic heterocycles. The van der Waals surface area contributed by atoms with E-state index in [0.29, 0.717) is 13.0 Å². The van der Waals surface area contributed by atoms with E-state index in [1.165, 1.54) is 0 Å². The maximum absolute atomic E-state index is 10.7. The molecule has 1 rings (SSSR count). The Morgan fingerprint density at radius 3 is 3.22 bits per heavy atom. The second kappa shape index (κ2) is 2.82. The van der Waals surface area contributed by atoms with Crippen LogP contribution in [0, 0.1) is 0 Å². The molecule has 1 aliphatic rings. The average Bonchev–Trinajstić information content (AvgIpc) is 1.97. The number of hydrogen-bond acceptors (Lipinski definition) is 2. The Bertz CT molecular complexity index is 114. The van der Waals surface area contributed by atoms with E-state index < -0.39 is 0 Å². The molecule has 0 aromatic heterocycles. The lowest BCUT2D eigenvalue weighted by atomic mass is 10.2. The zero-order valence-corrected chi connectivity index (χ0v) is 5.39. The molecular formula is C6H12N2O. The zero-order chi connectivity index (χ0) is 6.69. The molecule has 3 N–H and O–H groups in total. The molecular weight excluding hydrogens is 116 g/mol. The molecule has 1 fully saturated rings. The zero-order valence-electron chi connectivity index (χ0n) is 5.39. The molecule has 52 valence electrons. The first-order chi connectivity index (χ1) is 4.29. The van der Waals surface area contributed by atoms with E-state index in [2.05, 4.69) is 5.32 Å². The van der Waals surface area contributed by atoms with Crippen LogP contribution in [0.5, 0.6) is 0 Å². The summed E-state index contributed by atoms with van der Waals surface area (Å²) in [5.41, 5.74) is 5.58. The van der Waals surface area contributed by atoms with Gasteiger partial charge in [0.25, 0.3) is 0 Å². The van der Waals surface area contributed by atoms with E-state index in [9.17, 15) is 4.79 Å². The lowest BCUT2D eigenvalue weighted by Gasteiger charge is -2.04. The van der Waals surface area contributed by atoms with E-state index in [1.54, 1.807) is 0 Å². The van der Waals surface area contributed by atoms with Gasteiger partial charge in [0, 0.05) is 19.0 Å². The molecule has 0 aromatic carbocycles. The van der Waals surface area contributed by atoms with Crippen LogP contribution in [0.2, 0.25) is 0 Å². The maximum atomic E-state index is 10.7. The summed E-state index contributed by atoms with van der Waals surface area (Å²) in [4.78, 5) is 10.7. The predicted molar refractivity (Wildman–Crippen MR) is 34.8 cm³/mol. The van der Waals surface area contributed by atoms with Gasteiger partial charge in [0.05, 0.1) is 0 Å². The first-order valence-electron chi connectivity index (χ1n) is 3.31. The highest BCUT2D eigenvalue weighted by Gasteiger charge is 2.10. The molecule has 0 bridgehead atoms. The number of carbonyl (C=O) groups is 1. The Labute approximate surface area is 54.6 Å². The van der Waals surface area contributed by atoms with Gasteiger partial charge in [-0.3, -0.25) is 4.79 Å². The van der Waals surface area contributed by atoms with Crippen LogP contribution in [0.4, 0.5) is 0 Å². The molecule has 3 nitrogen and oxygen atoms in total. The van der Waals surface area contributed by atoms with Gasteiger partial charge in [-0.05, 0) is 12.8 Å². The summed E-state index contributed by atoms with van der Waals surface area (Å²) >= 11 is 0. The van der Waals surface area contributed by atoms with Gasteiger partial charge >= 0.3 is 0 Å². The Hall–Kier alpha value is -0.570. The Balaban J connectivity index is 2.34. The smallest absolute Gasteiger partial charge is 0.220 e. The lowest BCUT2D eigenvalue weighted by Crippen LogP contribution is -2.33. The lowest BCUT2D eigenvalue weighted by molar-refractivity contribution is -0.120. The van der Waals surface area contributed by atoms with Crippen molar-refractivity contribution in [3.05, 3.63) is 0 Å². The van der Waals surface area contributed by atoms with Crippen LogP contribution >= 0.6 is 0 Å². The first-order valence-corrected chi connectivity index (χ1v) is 3.31. The second-order valence-corrected chi connectivity index (χ2v) is 2.46. The van der Waals surface area contributed by atoms with Gasteiger partial charge in [0.2, 0.25) is 5.91 Å². The van der Waals surface area contributed by atoms with Crippen LogP contribution in [0.1, 0.15) is 19.3 Å². The Morgan fingerprint density at radius 1 is 1.67 bits per heavy atom. The highest BCUT2D eigenvalue weighted by molar-refractivity contribution is 5.76. The molecule has 0 aromatic rings.